The largest absolute Gasteiger partial charge is 0.505 e. The molecule has 0 heterocycles. The molecule has 1 aromatic carbocycles. The van der Waals surface area contributed by atoms with E-state index in [1.807, 2.05) is 0 Å². The molecule has 0 radical (unpaired) electrons. The number of aliphatic hydroxyl groups excluding tert-OH is 1. The van der Waals surface area contributed by atoms with Crippen molar-refractivity contribution in [1.82, 2.24) is 0 Å². The summed E-state index contributed by atoms with van der Waals surface area (Å²) in [6, 6.07) is 3.56. The van der Waals surface area contributed by atoms with E-state index in [1.165, 1.54) is 31.7 Å². The lowest BCUT2D eigenvalue weighted by atomic mass is 9.80. The van der Waals surface area contributed by atoms with Crippen molar-refractivity contribution in [3.05, 3.63) is 29.1 Å². The maximum atomic E-state index is 12.7. The lowest BCUT2D eigenvalue weighted by Crippen LogP contribution is -2.28. The number of phenolic OH excluding ortho intramolecular Hbond substituents is 1. The summed E-state index contributed by atoms with van der Waals surface area (Å²) in [5.41, 5.74) is 7.17. The molecular weight excluding hydrogens is 281 g/mol. The number of phenols is 1. The highest BCUT2D eigenvalue weighted by atomic mass is 19.1. The van der Waals surface area contributed by atoms with Crippen LogP contribution in [-0.4, -0.2) is 23.4 Å². The van der Waals surface area contributed by atoms with Gasteiger partial charge in [-0.3, -0.25) is 0 Å². The Morgan fingerprint density at radius 1 is 1.09 bits per heavy atom. The van der Waals surface area contributed by atoms with Crippen LogP contribution in [-0.2, 0) is 0 Å². The van der Waals surface area contributed by atoms with E-state index in [2.05, 4.69) is 13.8 Å². The minimum absolute atomic E-state index is 0.275. The summed E-state index contributed by atoms with van der Waals surface area (Å²) in [6.45, 7) is 8.09. The molecule has 1 aliphatic rings. The highest BCUT2D eigenvalue weighted by molar-refractivity contribution is 5.34. The Labute approximate surface area is 134 Å². The van der Waals surface area contributed by atoms with Gasteiger partial charge in [-0.05, 0) is 68.6 Å². The lowest BCUT2D eigenvalue weighted by Gasteiger charge is -2.28. The molecule has 1 aliphatic carbocycles. The van der Waals surface area contributed by atoms with Crippen molar-refractivity contribution < 1.29 is 14.6 Å². The quantitative estimate of drug-likeness (QED) is 0.736. The molecule has 0 atom stereocenters. The highest BCUT2D eigenvalue weighted by Crippen LogP contribution is 2.28. The van der Waals surface area contributed by atoms with E-state index in [0.29, 0.717) is 11.6 Å². The Hall–Kier alpha value is -1.13. The smallest absolute Gasteiger partial charge is 0.167 e. The third-order valence-corrected chi connectivity index (χ3v) is 4.40. The number of aliphatic hydroxyl groups is 1. The first kappa shape index (κ1) is 20.9. The van der Waals surface area contributed by atoms with Crippen LogP contribution in [0.1, 0.15) is 50.7 Å². The molecule has 3 nitrogen and oxygen atoms in total. The zero-order chi connectivity index (χ0) is 17.3. The van der Waals surface area contributed by atoms with Crippen molar-refractivity contribution >= 4 is 0 Å². The standard InChI is InChI=1S/C9H19N.C8H9FO.CH4O/c1-7(2)8-3-5-9(10)6-4-8;1-5-3-4-7(10)8(9)6(5)2;1-2/h7-9H,3-6,10H2,1-2H3;3-4,10H,1-2H3;2H,1H3. The molecule has 0 saturated heterocycles. The first-order chi connectivity index (χ1) is 10.3. The number of benzene rings is 1. The third-order valence-electron chi connectivity index (χ3n) is 4.40. The van der Waals surface area contributed by atoms with Gasteiger partial charge in [0.1, 0.15) is 0 Å². The maximum Gasteiger partial charge on any atom is 0.167 e. The second-order valence-electron chi connectivity index (χ2n) is 6.26. The molecule has 128 valence electrons. The first-order valence-electron chi connectivity index (χ1n) is 7.97. The van der Waals surface area contributed by atoms with Crippen LogP contribution in [0, 0.1) is 31.5 Å². The second kappa shape index (κ2) is 10.6. The normalized spacial score (nSPS) is 20.6. The summed E-state index contributed by atoms with van der Waals surface area (Å²) in [7, 11) is 1.00. The van der Waals surface area contributed by atoms with E-state index in [9.17, 15) is 4.39 Å². The van der Waals surface area contributed by atoms with Gasteiger partial charge in [0.05, 0.1) is 0 Å². The number of halogens is 1. The molecule has 0 aromatic heterocycles. The van der Waals surface area contributed by atoms with Crippen molar-refractivity contribution in [3.63, 3.8) is 0 Å². The minimum Gasteiger partial charge on any atom is -0.505 e. The number of nitrogens with two attached hydrogens (primary N) is 1. The molecule has 4 N–H and O–H groups in total. The number of hydrogen-bond donors (Lipinski definition) is 3. The van der Waals surface area contributed by atoms with Crippen LogP contribution < -0.4 is 5.73 Å². The van der Waals surface area contributed by atoms with Gasteiger partial charge in [-0.25, -0.2) is 4.39 Å². The summed E-state index contributed by atoms with van der Waals surface area (Å²) >= 11 is 0. The average Bonchev–Trinajstić information content (AvgIpc) is 2.52. The Morgan fingerprint density at radius 2 is 1.59 bits per heavy atom. The van der Waals surface area contributed by atoms with E-state index >= 15 is 0 Å². The monoisotopic (exact) mass is 313 g/mol. The Bertz CT molecular complexity index is 400. The third kappa shape index (κ3) is 6.75. The van der Waals surface area contributed by atoms with Gasteiger partial charge >= 0.3 is 0 Å². The van der Waals surface area contributed by atoms with E-state index in [0.717, 1.165) is 24.5 Å². The number of rotatable bonds is 1. The van der Waals surface area contributed by atoms with Gasteiger partial charge in [-0.2, -0.15) is 0 Å². The summed E-state index contributed by atoms with van der Waals surface area (Å²) in [4.78, 5) is 0. The zero-order valence-electron chi connectivity index (χ0n) is 14.6. The fourth-order valence-electron chi connectivity index (χ4n) is 2.58. The average molecular weight is 313 g/mol. The molecular formula is C18H32FNO2. The molecule has 0 spiro atoms. The second-order valence-corrected chi connectivity index (χ2v) is 6.26. The molecule has 0 unspecified atom stereocenters. The fraction of sp³-hybridized carbons (Fsp3) is 0.667. The molecule has 1 fully saturated rings. The molecule has 22 heavy (non-hydrogen) atoms. The predicted octanol–water partition coefficient (Wildman–Crippen LogP) is 3.92. The lowest BCUT2D eigenvalue weighted by molar-refractivity contribution is 0.259. The van der Waals surface area contributed by atoms with Gasteiger partial charge in [0.2, 0.25) is 0 Å². The molecule has 4 heteroatoms. The highest BCUT2D eigenvalue weighted by Gasteiger charge is 2.20. The molecule has 2 rings (SSSR count). The van der Waals surface area contributed by atoms with Crippen molar-refractivity contribution in [1.29, 1.82) is 0 Å². The van der Waals surface area contributed by atoms with Gasteiger partial charge in [-0.1, -0.05) is 19.9 Å². The maximum absolute atomic E-state index is 12.7. The summed E-state index contributed by atoms with van der Waals surface area (Å²) in [5.74, 6) is 1.04. The van der Waals surface area contributed by atoms with Crippen LogP contribution in [0.2, 0.25) is 0 Å². The Balaban J connectivity index is 0.000000360. The van der Waals surface area contributed by atoms with Crippen molar-refractivity contribution in [2.75, 3.05) is 7.11 Å². The van der Waals surface area contributed by atoms with Gasteiger partial charge < -0.3 is 15.9 Å². The molecule has 0 bridgehead atoms. The van der Waals surface area contributed by atoms with E-state index in [4.69, 9.17) is 15.9 Å². The van der Waals surface area contributed by atoms with Crippen molar-refractivity contribution in [2.45, 2.75) is 59.4 Å². The van der Waals surface area contributed by atoms with Crippen LogP contribution in [0.25, 0.3) is 0 Å². The van der Waals surface area contributed by atoms with E-state index in [-0.39, 0.29) is 5.75 Å². The number of hydrogen-bond acceptors (Lipinski definition) is 3. The summed E-state index contributed by atoms with van der Waals surface area (Å²) < 4.78 is 12.7. The van der Waals surface area contributed by atoms with Crippen molar-refractivity contribution in [2.24, 2.45) is 17.6 Å². The van der Waals surface area contributed by atoms with Crippen molar-refractivity contribution in [3.8, 4) is 5.75 Å². The zero-order valence-corrected chi connectivity index (χ0v) is 14.6. The van der Waals surface area contributed by atoms with Gasteiger partial charge in [0, 0.05) is 13.2 Å². The number of aryl methyl sites for hydroxylation is 1. The van der Waals surface area contributed by atoms with Gasteiger partial charge in [-0.15, -0.1) is 0 Å². The topological polar surface area (TPSA) is 66.5 Å². The van der Waals surface area contributed by atoms with E-state index in [1.54, 1.807) is 19.9 Å². The molecule has 1 saturated carbocycles. The summed E-state index contributed by atoms with van der Waals surface area (Å²) in [6.07, 6.45) is 5.23. The van der Waals surface area contributed by atoms with Crippen LogP contribution in [0.3, 0.4) is 0 Å². The molecule has 0 aliphatic heterocycles. The predicted molar refractivity (Wildman–Crippen MR) is 90.5 cm³/mol. The number of aromatic hydroxyl groups is 1. The Morgan fingerprint density at radius 3 is 2.00 bits per heavy atom. The molecule has 1 aromatic rings. The molecule has 0 amide bonds. The van der Waals surface area contributed by atoms with Gasteiger partial charge in [0.25, 0.3) is 0 Å². The van der Waals surface area contributed by atoms with Crippen LogP contribution in [0.15, 0.2) is 12.1 Å². The van der Waals surface area contributed by atoms with Gasteiger partial charge in [0.15, 0.2) is 11.6 Å². The van der Waals surface area contributed by atoms with Crippen LogP contribution in [0.4, 0.5) is 4.39 Å². The first-order valence-corrected chi connectivity index (χ1v) is 7.97. The SMILES string of the molecule is CC(C)C1CCC(N)CC1.CO.Cc1ccc(O)c(F)c1C. The summed E-state index contributed by atoms with van der Waals surface area (Å²) in [5, 5.41) is 15.8. The fourth-order valence-corrected chi connectivity index (χ4v) is 2.58. The Kier molecular flexibility index (Phi) is 10.0. The van der Waals surface area contributed by atoms with Crippen LogP contribution in [0.5, 0.6) is 5.75 Å². The van der Waals surface area contributed by atoms with Crippen LogP contribution >= 0.6 is 0 Å². The van der Waals surface area contributed by atoms with E-state index < -0.39 is 5.82 Å². The minimum atomic E-state index is -0.514.